The Morgan fingerprint density at radius 2 is 1.89 bits per heavy atom. The van der Waals surface area contributed by atoms with Gasteiger partial charge < -0.3 is 10.0 Å². The van der Waals surface area contributed by atoms with E-state index < -0.39 is 6.10 Å². The van der Waals surface area contributed by atoms with Crippen LogP contribution >= 0.6 is 15.9 Å². The minimum absolute atomic E-state index is 0.411. The van der Waals surface area contributed by atoms with Crippen LogP contribution in [0.4, 0.5) is 5.69 Å². The fourth-order valence-corrected chi connectivity index (χ4v) is 3.57. The zero-order valence-corrected chi connectivity index (χ0v) is 13.7. The summed E-state index contributed by atoms with van der Waals surface area (Å²) >= 11 is 3.64. The third-order valence-electron chi connectivity index (χ3n) is 4.37. The number of aliphatic hydroxyl groups excluding tert-OH is 1. The lowest BCUT2D eigenvalue weighted by Gasteiger charge is -2.35. The third kappa shape index (κ3) is 3.51. The van der Waals surface area contributed by atoms with E-state index in [4.69, 9.17) is 0 Å². The van der Waals surface area contributed by atoms with Crippen molar-refractivity contribution < 1.29 is 5.11 Å². The predicted octanol–water partition coefficient (Wildman–Crippen LogP) is 4.52. The van der Waals surface area contributed by atoms with E-state index in [9.17, 15) is 5.11 Å². The van der Waals surface area contributed by atoms with Crippen LogP contribution in [0.3, 0.4) is 0 Å². The molecule has 0 spiro atoms. The van der Waals surface area contributed by atoms with Crippen molar-refractivity contribution >= 4 is 21.6 Å². The molecule has 1 aromatic carbocycles. The lowest BCUT2D eigenvalue weighted by atomic mass is 9.86. The maximum absolute atomic E-state index is 9.62. The average Bonchev–Trinajstić information content (AvgIpc) is 2.38. The van der Waals surface area contributed by atoms with Crippen LogP contribution in [0.15, 0.2) is 22.7 Å². The normalized spacial score (nSPS) is 25.1. The maximum atomic E-state index is 9.62. The SMILES string of the molecule is CC1CCC(N(C)c2ccc([C@H](C)O)cc2Br)CC1. The second-order valence-electron chi connectivity index (χ2n) is 5.91. The summed E-state index contributed by atoms with van der Waals surface area (Å²) in [5.74, 6) is 0.880. The first-order valence-electron chi connectivity index (χ1n) is 7.19. The van der Waals surface area contributed by atoms with Gasteiger partial charge in [-0.3, -0.25) is 0 Å². The first kappa shape index (κ1) is 14.9. The van der Waals surface area contributed by atoms with Crippen LogP contribution < -0.4 is 4.90 Å². The number of benzene rings is 1. The van der Waals surface area contributed by atoms with Gasteiger partial charge in [-0.1, -0.05) is 13.0 Å². The average molecular weight is 326 g/mol. The smallest absolute Gasteiger partial charge is 0.0762 e. The quantitative estimate of drug-likeness (QED) is 0.883. The molecule has 0 radical (unpaired) electrons. The zero-order chi connectivity index (χ0) is 14.0. The van der Waals surface area contributed by atoms with Crippen LogP contribution in [0, 0.1) is 5.92 Å². The van der Waals surface area contributed by atoms with Gasteiger partial charge in [0.1, 0.15) is 0 Å². The van der Waals surface area contributed by atoms with Crippen LogP contribution in [0.1, 0.15) is 51.2 Å². The lowest BCUT2D eigenvalue weighted by Crippen LogP contribution is -2.35. The van der Waals surface area contributed by atoms with Gasteiger partial charge in [-0.15, -0.1) is 0 Å². The molecule has 0 heterocycles. The summed E-state index contributed by atoms with van der Waals surface area (Å²) in [5.41, 5.74) is 2.19. The van der Waals surface area contributed by atoms with Crippen molar-refractivity contribution in [2.45, 2.75) is 51.7 Å². The molecule has 0 saturated heterocycles. The van der Waals surface area contributed by atoms with Gasteiger partial charge >= 0.3 is 0 Å². The van der Waals surface area contributed by atoms with Crippen molar-refractivity contribution in [3.8, 4) is 0 Å². The molecule has 0 aliphatic heterocycles. The fraction of sp³-hybridized carbons (Fsp3) is 0.625. The molecule has 1 fully saturated rings. The minimum atomic E-state index is -0.411. The van der Waals surface area contributed by atoms with E-state index in [2.05, 4.69) is 40.9 Å². The van der Waals surface area contributed by atoms with E-state index in [0.717, 1.165) is 16.0 Å². The largest absolute Gasteiger partial charge is 0.389 e. The molecule has 3 heteroatoms. The Morgan fingerprint density at radius 1 is 1.26 bits per heavy atom. The van der Waals surface area contributed by atoms with E-state index in [1.807, 2.05) is 12.1 Å². The van der Waals surface area contributed by atoms with Crippen LogP contribution in [-0.4, -0.2) is 18.2 Å². The van der Waals surface area contributed by atoms with Gasteiger partial charge in [0.2, 0.25) is 0 Å². The van der Waals surface area contributed by atoms with Gasteiger partial charge in [-0.05, 0) is 72.2 Å². The molecule has 1 atom stereocenters. The predicted molar refractivity (Wildman–Crippen MR) is 84.6 cm³/mol. The second kappa shape index (κ2) is 6.27. The minimum Gasteiger partial charge on any atom is -0.389 e. The Morgan fingerprint density at radius 3 is 2.42 bits per heavy atom. The van der Waals surface area contributed by atoms with Crippen LogP contribution in [0.2, 0.25) is 0 Å². The maximum Gasteiger partial charge on any atom is 0.0762 e. The van der Waals surface area contributed by atoms with Crippen LogP contribution in [-0.2, 0) is 0 Å². The summed E-state index contributed by atoms with van der Waals surface area (Å²) in [7, 11) is 2.18. The number of halogens is 1. The molecule has 1 N–H and O–H groups in total. The highest BCUT2D eigenvalue weighted by atomic mass is 79.9. The van der Waals surface area contributed by atoms with Gasteiger partial charge in [-0.2, -0.15) is 0 Å². The Labute approximate surface area is 124 Å². The number of anilines is 1. The summed E-state index contributed by atoms with van der Waals surface area (Å²) < 4.78 is 1.08. The highest BCUT2D eigenvalue weighted by Crippen LogP contribution is 2.34. The number of hydrogen-bond donors (Lipinski definition) is 1. The van der Waals surface area contributed by atoms with E-state index >= 15 is 0 Å². The van der Waals surface area contributed by atoms with Crippen molar-refractivity contribution in [2.75, 3.05) is 11.9 Å². The zero-order valence-electron chi connectivity index (χ0n) is 12.1. The molecular weight excluding hydrogens is 302 g/mol. The molecule has 0 amide bonds. The molecule has 0 unspecified atom stereocenters. The molecule has 0 bridgehead atoms. The topological polar surface area (TPSA) is 23.5 Å². The van der Waals surface area contributed by atoms with Gasteiger partial charge in [-0.25, -0.2) is 0 Å². The Bertz CT molecular complexity index is 425. The molecule has 2 nitrogen and oxygen atoms in total. The number of hydrogen-bond acceptors (Lipinski definition) is 2. The first-order valence-corrected chi connectivity index (χ1v) is 7.98. The molecule has 2 rings (SSSR count). The molecule has 1 aliphatic rings. The van der Waals surface area contributed by atoms with Crippen LogP contribution in [0.25, 0.3) is 0 Å². The Kier molecular flexibility index (Phi) is 4.91. The summed E-state index contributed by atoms with van der Waals surface area (Å²) in [4.78, 5) is 2.39. The summed E-state index contributed by atoms with van der Waals surface area (Å²) in [5, 5.41) is 9.62. The van der Waals surface area contributed by atoms with Gasteiger partial charge in [0, 0.05) is 17.6 Å². The molecule has 106 valence electrons. The molecule has 1 saturated carbocycles. The number of rotatable bonds is 3. The van der Waals surface area contributed by atoms with Gasteiger partial charge in [0.15, 0.2) is 0 Å². The van der Waals surface area contributed by atoms with Gasteiger partial charge in [0.25, 0.3) is 0 Å². The Balaban J connectivity index is 2.12. The second-order valence-corrected chi connectivity index (χ2v) is 6.77. The molecule has 19 heavy (non-hydrogen) atoms. The highest BCUT2D eigenvalue weighted by molar-refractivity contribution is 9.10. The van der Waals surface area contributed by atoms with Crippen LogP contribution in [0.5, 0.6) is 0 Å². The van der Waals surface area contributed by atoms with Crippen molar-refractivity contribution in [3.63, 3.8) is 0 Å². The van der Waals surface area contributed by atoms with E-state index in [0.29, 0.717) is 6.04 Å². The standard InChI is InChI=1S/C16H24BrNO/c1-11-4-7-14(8-5-11)18(3)16-9-6-13(12(2)19)10-15(16)17/h6,9-12,14,19H,4-5,7-8H2,1-3H3/t11?,12-,14?/m0/s1. The summed E-state index contributed by atoms with van der Waals surface area (Å²) in [6, 6.07) is 6.81. The summed E-state index contributed by atoms with van der Waals surface area (Å²) in [6.45, 7) is 4.15. The molecule has 1 aliphatic carbocycles. The first-order chi connectivity index (χ1) is 8.99. The number of nitrogens with zero attached hydrogens (tertiary/aromatic N) is 1. The molecule has 1 aromatic rings. The third-order valence-corrected chi connectivity index (χ3v) is 5.00. The monoisotopic (exact) mass is 325 g/mol. The molecular formula is C16H24BrNO. The Hall–Kier alpha value is -0.540. The molecule has 0 aromatic heterocycles. The summed E-state index contributed by atoms with van der Waals surface area (Å²) in [6.07, 6.45) is 4.81. The van der Waals surface area contributed by atoms with E-state index in [-0.39, 0.29) is 0 Å². The van der Waals surface area contributed by atoms with E-state index in [1.54, 1.807) is 6.92 Å². The lowest BCUT2D eigenvalue weighted by molar-refractivity contribution is 0.199. The van der Waals surface area contributed by atoms with Crippen molar-refractivity contribution in [1.82, 2.24) is 0 Å². The highest BCUT2D eigenvalue weighted by Gasteiger charge is 2.23. The van der Waals surface area contributed by atoms with Gasteiger partial charge in [0.05, 0.1) is 11.8 Å². The number of aliphatic hydroxyl groups is 1. The van der Waals surface area contributed by atoms with E-state index in [1.165, 1.54) is 31.4 Å². The fourth-order valence-electron chi connectivity index (χ4n) is 2.90. The van der Waals surface area contributed by atoms with Crippen molar-refractivity contribution in [1.29, 1.82) is 0 Å². The van der Waals surface area contributed by atoms with Crippen molar-refractivity contribution in [2.24, 2.45) is 5.92 Å². The van der Waals surface area contributed by atoms with Crippen molar-refractivity contribution in [3.05, 3.63) is 28.2 Å².